The fourth-order valence-corrected chi connectivity index (χ4v) is 1.89. The Kier molecular flexibility index (Phi) is 2.81. The summed E-state index contributed by atoms with van der Waals surface area (Å²) in [6.07, 6.45) is 2.70. The predicted molar refractivity (Wildman–Crippen MR) is 61.3 cm³/mol. The average molecular weight is 220 g/mol. The topological polar surface area (TPSA) is 53.2 Å². The molecular weight excluding hydrogens is 204 g/mol. The third-order valence-electron chi connectivity index (χ3n) is 3.15. The van der Waals surface area contributed by atoms with Gasteiger partial charge in [-0.05, 0) is 24.3 Å². The molecule has 4 nitrogen and oxygen atoms in total. The second-order valence-electron chi connectivity index (χ2n) is 4.60. The van der Waals surface area contributed by atoms with Crippen LogP contribution in [0.25, 0.3) is 0 Å². The van der Waals surface area contributed by atoms with Crippen molar-refractivity contribution >= 4 is 5.91 Å². The molecule has 0 aromatic carbocycles. The summed E-state index contributed by atoms with van der Waals surface area (Å²) in [5.41, 5.74) is 0.221. The van der Waals surface area contributed by atoms with Gasteiger partial charge >= 0.3 is 0 Å². The van der Waals surface area contributed by atoms with Gasteiger partial charge in [0.2, 0.25) is 5.56 Å². The van der Waals surface area contributed by atoms with E-state index in [0.717, 1.165) is 12.5 Å². The highest BCUT2D eigenvalue weighted by Crippen LogP contribution is 2.38. The molecule has 1 fully saturated rings. The monoisotopic (exact) mass is 220 g/mol. The van der Waals surface area contributed by atoms with Crippen molar-refractivity contribution in [1.29, 1.82) is 0 Å². The number of hydrogen-bond donors (Lipinski definition) is 1. The molecule has 2 rings (SSSR count). The summed E-state index contributed by atoms with van der Waals surface area (Å²) in [4.78, 5) is 27.2. The average Bonchev–Trinajstić information content (AvgIpc) is 2.93. The van der Waals surface area contributed by atoms with Gasteiger partial charge in [-0.2, -0.15) is 0 Å². The number of nitrogens with one attached hydrogen (secondary N) is 1. The second-order valence-corrected chi connectivity index (χ2v) is 4.60. The molecule has 1 heterocycles. The van der Waals surface area contributed by atoms with Gasteiger partial charge in [0.25, 0.3) is 5.91 Å². The van der Waals surface area contributed by atoms with E-state index < -0.39 is 0 Å². The fourth-order valence-electron chi connectivity index (χ4n) is 1.89. The summed E-state index contributed by atoms with van der Waals surface area (Å²) in [6, 6.07) is 2.98. The zero-order valence-electron chi connectivity index (χ0n) is 9.56. The zero-order chi connectivity index (χ0) is 11.7. The molecule has 4 heteroatoms. The van der Waals surface area contributed by atoms with E-state index in [2.05, 4.69) is 11.9 Å². The van der Waals surface area contributed by atoms with E-state index in [4.69, 9.17) is 0 Å². The smallest absolute Gasteiger partial charge is 0.253 e. The molecule has 1 saturated carbocycles. The number of amides is 1. The van der Waals surface area contributed by atoms with Gasteiger partial charge in [-0.15, -0.1) is 0 Å². The standard InChI is InChI=1S/C12H16N2O2/c1-8-5-10(8)7-14(2)12(16)9-3-4-13-11(15)6-9/h3-4,6,8,10H,5,7H2,1-2H3,(H,13,15). The normalized spacial score (nSPS) is 22.9. The lowest BCUT2D eigenvalue weighted by atomic mass is 10.2. The second kappa shape index (κ2) is 4.12. The Labute approximate surface area is 94.3 Å². The number of aromatic amines is 1. The van der Waals surface area contributed by atoms with Gasteiger partial charge in [-0.3, -0.25) is 9.59 Å². The third-order valence-corrected chi connectivity index (χ3v) is 3.15. The van der Waals surface area contributed by atoms with Gasteiger partial charge in [-0.1, -0.05) is 6.92 Å². The first-order valence-corrected chi connectivity index (χ1v) is 5.52. The summed E-state index contributed by atoms with van der Waals surface area (Å²) < 4.78 is 0. The van der Waals surface area contributed by atoms with Gasteiger partial charge in [0.05, 0.1) is 0 Å². The van der Waals surface area contributed by atoms with Crippen molar-refractivity contribution in [2.45, 2.75) is 13.3 Å². The maximum absolute atomic E-state index is 11.9. The molecule has 86 valence electrons. The first-order valence-electron chi connectivity index (χ1n) is 5.52. The van der Waals surface area contributed by atoms with Gasteiger partial charge in [0.15, 0.2) is 0 Å². The number of pyridine rings is 1. The molecule has 0 aliphatic heterocycles. The Bertz CT molecular complexity index is 452. The Morgan fingerprint density at radius 3 is 2.88 bits per heavy atom. The molecule has 0 radical (unpaired) electrons. The van der Waals surface area contributed by atoms with Crippen LogP contribution in [0.3, 0.4) is 0 Å². The lowest BCUT2D eigenvalue weighted by Crippen LogP contribution is -2.29. The van der Waals surface area contributed by atoms with Crippen molar-refractivity contribution in [3.05, 3.63) is 34.2 Å². The first kappa shape index (κ1) is 10.9. The number of nitrogens with zero attached hydrogens (tertiary/aromatic N) is 1. The summed E-state index contributed by atoms with van der Waals surface area (Å²) in [6.45, 7) is 2.98. The van der Waals surface area contributed by atoms with E-state index in [1.54, 1.807) is 18.0 Å². The molecule has 0 spiro atoms. The first-order chi connectivity index (χ1) is 7.58. The minimum atomic E-state index is -0.237. The highest BCUT2D eigenvalue weighted by molar-refractivity contribution is 5.93. The Balaban J connectivity index is 2.03. The highest BCUT2D eigenvalue weighted by Gasteiger charge is 2.34. The van der Waals surface area contributed by atoms with Gasteiger partial charge in [-0.25, -0.2) is 0 Å². The molecular formula is C12H16N2O2. The number of hydrogen-bond acceptors (Lipinski definition) is 2. The zero-order valence-corrected chi connectivity index (χ0v) is 9.56. The van der Waals surface area contributed by atoms with E-state index in [1.807, 2.05) is 0 Å². The van der Waals surface area contributed by atoms with Crippen LogP contribution in [0.4, 0.5) is 0 Å². The molecule has 0 bridgehead atoms. The minimum Gasteiger partial charge on any atom is -0.341 e. The molecule has 1 aliphatic rings. The minimum absolute atomic E-state index is 0.0785. The highest BCUT2D eigenvalue weighted by atomic mass is 16.2. The molecule has 1 N–H and O–H groups in total. The Morgan fingerprint density at radius 1 is 1.62 bits per heavy atom. The molecule has 16 heavy (non-hydrogen) atoms. The predicted octanol–water partition coefficient (Wildman–Crippen LogP) is 1.10. The van der Waals surface area contributed by atoms with Crippen LogP contribution in [0.15, 0.2) is 23.1 Å². The van der Waals surface area contributed by atoms with Gasteiger partial charge < -0.3 is 9.88 Å². The summed E-state index contributed by atoms with van der Waals surface area (Å²) in [5.74, 6) is 1.29. The third kappa shape index (κ3) is 2.32. The fraction of sp³-hybridized carbons (Fsp3) is 0.500. The van der Waals surface area contributed by atoms with Crippen LogP contribution in [0.1, 0.15) is 23.7 Å². The summed E-state index contributed by atoms with van der Waals surface area (Å²) in [7, 11) is 1.79. The molecule has 1 aliphatic carbocycles. The molecule has 1 aromatic heterocycles. The quantitative estimate of drug-likeness (QED) is 0.829. The SMILES string of the molecule is CC1CC1CN(C)C(=O)c1cc[nH]c(=O)c1. The maximum atomic E-state index is 11.9. The van der Waals surface area contributed by atoms with Crippen LogP contribution in [0.5, 0.6) is 0 Å². The van der Waals surface area contributed by atoms with Crippen LogP contribution < -0.4 is 5.56 Å². The van der Waals surface area contributed by atoms with Crippen LogP contribution in [0.2, 0.25) is 0 Å². The lowest BCUT2D eigenvalue weighted by Gasteiger charge is -2.16. The van der Waals surface area contributed by atoms with Crippen LogP contribution in [0, 0.1) is 11.8 Å². The number of H-pyrrole nitrogens is 1. The van der Waals surface area contributed by atoms with E-state index in [-0.39, 0.29) is 11.5 Å². The largest absolute Gasteiger partial charge is 0.341 e. The maximum Gasteiger partial charge on any atom is 0.253 e. The van der Waals surface area contributed by atoms with Crippen molar-refractivity contribution in [2.75, 3.05) is 13.6 Å². The summed E-state index contributed by atoms with van der Waals surface area (Å²) in [5, 5.41) is 0. The molecule has 2 atom stereocenters. The van der Waals surface area contributed by atoms with Crippen LogP contribution in [-0.4, -0.2) is 29.4 Å². The van der Waals surface area contributed by atoms with Gasteiger partial charge in [0.1, 0.15) is 0 Å². The van der Waals surface area contributed by atoms with Gasteiger partial charge in [0, 0.05) is 31.4 Å². The number of rotatable bonds is 3. The number of carbonyl (C=O) groups is 1. The van der Waals surface area contributed by atoms with E-state index >= 15 is 0 Å². The van der Waals surface area contributed by atoms with Crippen molar-refractivity contribution in [1.82, 2.24) is 9.88 Å². The van der Waals surface area contributed by atoms with E-state index in [9.17, 15) is 9.59 Å². The van der Waals surface area contributed by atoms with E-state index in [1.165, 1.54) is 18.7 Å². The Hall–Kier alpha value is -1.58. The van der Waals surface area contributed by atoms with Crippen LogP contribution >= 0.6 is 0 Å². The van der Waals surface area contributed by atoms with E-state index in [0.29, 0.717) is 11.5 Å². The number of aromatic nitrogens is 1. The van der Waals surface area contributed by atoms with Crippen molar-refractivity contribution in [3.63, 3.8) is 0 Å². The molecule has 0 saturated heterocycles. The summed E-state index contributed by atoms with van der Waals surface area (Å²) >= 11 is 0. The van der Waals surface area contributed by atoms with Crippen LogP contribution in [-0.2, 0) is 0 Å². The molecule has 2 unspecified atom stereocenters. The van der Waals surface area contributed by atoms with Crippen molar-refractivity contribution < 1.29 is 4.79 Å². The number of carbonyl (C=O) groups excluding carboxylic acids is 1. The molecule has 1 amide bonds. The van der Waals surface area contributed by atoms with Crippen molar-refractivity contribution in [3.8, 4) is 0 Å². The molecule has 1 aromatic rings. The Morgan fingerprint density at radius 2 is 2.31 bits per heavy atom. The van der Waals surface area contributed by atoms with Crippen molar-refractivity contribution in [2.24, 2.45) is 11.8 Å². The lowest BCUT2D eigenvalue weighted by molar-refractivity contribution is 0.0787.